The van der Waals surface area contributed by atoms with E-state index in [1.807, 2.05) is 0 Å². The Morgan fingerprint density at radius 1 is 1.28 bits per heavy atom. The Bertz CT molecular complexity index is 770. The smallest absolute Gasteiger partial charge is 0.0593 e. The first-order valence-corrected chi connectivity index (χ1v) is 9.76. The van der Waals surface area contributed by atoms with E-state index in [2.05, 4.69) is 34.1 Å². The molecule has 134 valence electrons. The van der Waals surface area contributed by atoms with Gasteiger partial charge in [-0.2, -0.15) is 0 Å². The molecule has 4 nitrogen and oxygen atoms in total. The SMILES string of the molecule is COC[C@H]1[C@@H](O)CCC2CN3CCc4c([nH]c5ccccc45)[C@@H]3C[C@@H]21. The first-order chi connectivity index (χ1) is 12.3. The van der Waals surface area contributed by atoms with Gasteiger partial charge in [-0.3, -0.25) is 4.90 Å². The Balaban J connectivity index is 1.50. The van der Waals surface area contributed by atoms with E-state index in [0.29, 0.717) is 30.4 Å². The predicted molar refractivity (Wildman–Crippen MR) is 98.5 cm³/mol. The molecule has 1 aliphatic carbocycles. The Labute approximate surface area is 149 Å². The van der Waals surface area contributed by atoms with E-state index in [4.69, 9.17) is 4.74 Å². The maximum atomic E-state index is 10.5. The quantitative estimate of drug-likeness (QED) is 0.883. The number of aromatic amines is 1. The average molecular weight is 340 g/mol. The Hall–Kier alpha value is -1.36. The molecule has 4 heteroatoms. The number of fused-ring (bicyclic) bond motifs is 6. The summed E-state index contributed by atoms with van der Waals surface area (Å²) in [7, 11) is 1.77. The fraction of sp³-hybridized carbons (Fsp3) is 0.619. The molecule has 2 fully saturated rings. The number of benzene rings is 1. The van der Waals surface area contributed by atoms with Crippen molar-refractivity contribution >= 4 is 10.9 Å². The number of para-hydroxylation sites is 1. The number of ether oxygens (including phenoxy) is 1. The molecule has 0 amide bonds. The topological polar surface area (TPSA) is 48.5 Å². The number of piperidine rings is 1. The second kappa shape index (κ2) is 6.11. The van der Waals surface area contributed by atoms with Gasteiger partial charge in [-0.05, 0) is 49.1 Å². The first kappa shape index (κ1) is 15.9. The van der Waals surface area contributed by atoms with Gasteiger partial charge >= 0.3 is 0 Å². The van der Waals surface area contributed by atoms with E-state index in [0.717, 1.165) is 25.7 Å². The molecule has 2 aromatic rings. The molecule has 2 N–H and O–H groups in total. The van der Waals surface area contributed by atoms with E-state index in [1.54, 1.807) is 7.11 Å². The van der Waals surface area contributed by atoms with Crippen LogP contribution in [0.4, 0.5) is 0 Å². The molecule has 0 spiro atoms. The molecule has 0 bridgehead atoms. The van der Waals surface area contributed by atoms with Crippen LogP contribution >= 0.6 is 0 Å². The van der Waals surface area contributed by atoms with Crippen LogP contribution in [0.5, 0.6) is 0 Å². The summed E-state index contributed by atoms with van der Waals surface area (Å²) in [6, 6.07) is 9.19. The van der Waals surface area contributed by atoms with Crippen LogP contribution in [-0.2, 0) is 11.2 Å². The third-order valence-electron chi connectivity index (χ3n) is 7.08. The van der Waals surface area contributed by atoms with Crippen LogP contribution < -0.4 is 0 Å². The number of nitrogens with one attached hydrogen (secondary N) is 1. The maximum Gasteiger partial charge on any atom is 0.0593 e. The van der Waals surface area contributed by atoms with Gasteiger partial charge in [0, 0.05) is 42.7 Å². The van der Waals surface area contributed by atoms with Crippen LogP contribution in [0.3, 0.4) is 0 Å². The largest absolute Gasteiger partial charge is 0.393 e. The summed E-state index contributed by atoms with van der Waals surface area (Å²) < 4.78 is 5.47. The van der Waals surface area contributed by atoms with Crippen molar-refractivity contribution in [2.45, 2.75) is 37.8 Å². The molecule has 5 rings (SSSR count). The number of hydrogen-bond donors (Lipinski definition) is 2. The third kappa shape index (κ3) is 2.46. The summed E-state index contributed by atoms with van der Waals surface area (Å²) in [4.78, 5) is 6.43. The highest BCUT2D eigenvalue weighted by molar-refractivity contribution is 5.85. The number of aliphatic hydroxyl groups is 1. The van der Waals surface area contributed by atoms with Gasteiger partial charge in [-0.1, -0.05) is 18.2 Å². The van der Waals surface area contributed by atoms with E-state index in [1.165, 1.54) is 35.2 Å². The molecule has 1 saturated heterocycles. The van der Waals surface area contributed by atoms with Crippen molar-refractivity contribution < 1.29 is 9.84 Å². The summed E-state index contributed by atoms with van der Waals surface area (Å²) in [5, 5.41) is 11.9. The van der Waals surface area contributed by atoms with Crippen molar-refractivity contribution in [2.24, 2.45) is 17.8 Å². The van der Waals surface area contributed by atoms with E-state index in [-0.39, 0.29) is 6.10 Å². The molecule has 2 aliphatic heterocycles. The van der Waals surface area contributed by atoms with Gasteiger partial charge in [0.15, 0.2) is 0 Å². The number of rotatable bonds is 2. The maximum absolute atomic E-state index is 10.5. The van der Waals surface area contributed by atoms with E-state index in [9.17, 15) is 5.11 Å². The second-order valence-electron chi connectivity index (χ2n) is 8.25. The zero-order valence-electron chi connectivity index (χ0n) is 14.9. The standard InChI is InChI=1S/C21H28N2O2/c1-25-12-17-16-10-19-21-15(14-4-2-3-5-18(14)22-21)8-9-23(19)11-13(16)6-7-20(17)24/h2-5,13,16-17,19-20,22,24H,6-12H2,1H3/t13?,16-,17+,19-,20-/m0/s1. The van der Waals surface area contributed by atoms with Crippen molar-refractivity contribution in [3.63, 3.8) is 0 Å². The molecule has 1 aromatic carbocycles. The van der Waals surface area contributed by atoms with Gasteiger partial charge in [0.2, 0.25) is 0 Å². The molecular weight excluding hydrogens is 312 g/mol. The molecule has 25 heavy (non-hydrogen) atoms. The number of hydrogen-bond acceptors (Lipinski definition) is 3. The minimum atomic E-state index is -0.196. The monoisotopic (exact) mass is 340 g/mol. The summed E-state index contributed by atoms with van der Waals surface area (Å²) in [5.74, 6) is 1.58. The number of methoxy groups -OCH3 is 1. The highest BCUT2D eigenvalue weighted by atomic mass is 16.5. The van der Waals surface area contributed by atoms with Crippen LogP contribution in [0.2, 0.25) is 0 Å². The summed E-state index contributed by atoms with van der Waals surface area (Å²) in [6.07, 6.45) is 4.20. The number of aliphatic hydroxyl groups excluding tert-OH is 1. The van der Waals surface area contributed by atoms with Crippen molar-refractivity contribution in [3.05, 3.63) is 35.5 Å². The van der Waals surface area contributed by atoms with Gasteiger partial charge in [-0.25, -0.2) is 0 Å². The van der Waals surface area contributed by atoms with Crippen molar-refractivity contribution in [1.82, 2.24) is 9.88 Å². The molecule has 1 saturated carbocycles. The molecule has 3 aliphatic rings. The van der Waals surface area contributed by atoms with E-state index >= 15 is 0 Å². The Morgan fingerprint density at radius 3 is 3.04 bits per heavy atom. The minimum Gasteiger partial charge on any atom is -0.393 e. The average Bonchev–Trinajstić information content (AvgIpc) is 3.02. The number of nitrogens with zero attached hydrogens (tertiary/aromatic N) is 1. The third-order valence-corrected chi connectivity index (χ3v) is 7.08. The van der Waals surface area contributed by atoms with Gasteiger partial charge in [0.05, 0.1) is 18.8 Å². The number of aromatic nitrogens is 1. The lowest BCUT2D eigenvalue weighted by atomic mass is 9.65. The van der Waals surface area contributed by atoms with Gasteiger partial charge in [0.1, 0.15) is 0 Å². The Kier molecular flexibility index (Phi) is 3.88. The van der Waals surface area contributed by atoms with Crippen molar-refractivity contribution in [2.75, 3.05) is 26.8 Å². The minimum absolute atomic E-state index is 0.196. The lowest BCUT2D eigenvalue weighted by molar-refractivity contribution is -0.0782. The summed E-state index contributed by atoms with van der Waals surface area (Å²) in [5.41, 5.74) is 4.23. The zero-order chi connectivity index (χ0) is 17.0. The van der Waals surface area contributed by atoms with Crippen LogP contribution in [0.25, 0.3) is 10.9 Å². The fourth-order valence-corrected chi connectivity index (χ4v) is 5.88. The highest BCUT2D eigenvalue weighted by Gasteiger charge is 2.46. The molecule has 3 heterocycles. The molecule has 0 radical (unpaired) electrons. The van der Waals surface area contributed by atoms with Gasteiger partial charge in [-0.15, -0.1) is 0 Å². The van der Waals surface area contributed by atoms with Crippen molar-refractivity contribution in [1.29, 1.82) is 0 Å². The van der Waals surface area contributed by atoms with Gasteiger partial charge in [0.25, 0.3) is 0 Å². The van der Waals surface area contributed by atoms with Crippen LogP contribution in [0, 0.1) is 17.8 Å². The highest BCUT2D eigenvalue weighted by Crippen LogP contribution is 2.49. The summed E-state index contributed by atoms with van der Waals surface area (Å²) >= 11 is 0. The van der Waals surface area contributed by atoms with E-state index < -0.39 is 0 Å². The van der Waals surface area contributed by atoms with Crippen molar-refractivity contribution in [3.8, 4) is 0 Å². The second-order valence-corrected chi connectivity index (χ2v) is 8.25. The molecule has 1 unspecified atom stereocenters. The molecule has 5 atom stereocenters. The van der Waals surface area contributed by atoms with Crippen LogP contribution in [0.15, 0.2) is 24.3 Å². The molecular formula is C21H28N2O2. The fourth-order valence-electron chi connectivity index (χ4n) is 5.88. The van der Waals surface area contributed by atoms with Gasteiger partial charge < -0.3 is 14.8 Å². The molecule has 1 aromatic heterocycles. The first-order valence-electron chi connectivity index (χ1n) is 9.76. The Morgan fingerprint density at radius 2 is 2.16 bits per heavy atom. The lowest BCUT2D eigenvalue weighted by Gasteiger charge is -2.51. The van der Waals surface area contributed by atoms with Crippen LogP contribution in [0.1, 0.15) is 36.6 Å². The normalized spacial score (nSPS) is 35.2. The number of H-pyrrole nitrogens is 1. The van der Waals surface area contributed by atoms with Crippen LogP contribution in [-0.4, -0.2) is 47.9 Å². The lowest BCUT2D eigenvalue weighted by Crippen LogP contribution is -2.52. The zero-order valence-corrected chi connectivity index (χ0v) is 14.9. The summed E-state index contributed by atoms with van der Waals surface area (Å²) in [6.45, 7) is 3.03. The predicted octanol–water partition coefficient (Wildman–Crippen LogP) is 3.12.